The van der Waals surface area contributed by atoms with Gasteiger partial charge in [0.05, 0.1) is 6.61 Å². The standard InChI is InChI=1S/C23H18N4O3/c1-25-19(14-24)12-17-6-10-21(11-7-17)30-22(15-28)16-29-20-8-4-18(5-9-20)13-23(26-2)27-3/h4-13,22,28H,1,15-16H2/b19-12+. The summed E-state index contributed by atoms with van der Waals surface area (Å²) in [5.74, 6) is 1.11. The number of ether oxygens (including phenoxy) is 2. The van der Waals surface area contributed by atoms with Gasteiger partial charge in [0, 0.05) is 6.08 Å². The van der Waals surface area contributed by atoms with Gasteiger partial charge in [-0.05, 0) is 48.2 Å². The molecule has 7 nitrogen and oxygen atoms in total. The van der Waals surface area contributed by atoms with Gasteiger partial charge in [-0.25, -0.2) is 0 Å². The van der Waals surface area contributed by atoms with Gasteiger partial charge in [0.15, 0.2) is 6.10 Å². The lowest BCUT2D eigenvalue weighted by Crippen LogP contribution is -2.28. The van der Waals surface area contributed by atoms with Crippen LogP contribution in [0.5, 0.6) is 11.5 Å². The monoisotopic (exact) mass is 398 g/mol. The zero-order chi connectivity index (χ0) is 21.8. The molecule has 0 amide bonds. The summed E-state index contributed by atoms with van der Waals surface area (Å²) < 4.78 is 11.4. The average molecular weight is 398 g/mol. The molecule has 0 saturated carbocycles. The van der Waals surface area contributed by atoms with E-state index in [-0.39, 0.29) is 24.7 Å². The molecule has 1 unspecified atom stereocenters. The summed E-state index contributed by atoms with van der Waals surface area (Å²) in [6.45, 7) is 17.0. The molecule has 148 valence electrons. The molecule has 0 aliphatic rings. The summed E-state index contributed by atoms with van der Waals surface area (Å²) >= 11 is 0. The lowest BCUT2D eigenvalue weighted by atomic mass is 10.2. The first kappa shape index (κ1) is 21.9. The Hall–Kier alpha value is -4.38. The van der Waals surface area contributed by atoms with Gasteiger partial charge in [-0.2, -0.15) is 15.0 Å². The van der Waals surface area contributed by atoms with Gasteiger partial charge in [-0.3, -0.25) is 4.99 Å². The molecule has 0 aromatic heterocycles. The molecule has 0 radical (unpaired) electrons. The molecule has 7 heteroatoms. The minimum atomic E-state index is -0.577. The van der Waals surface area contributed by atoms with Crippen LogP contribution < -0.4 is 9.47 Å². The molecule has 0 aliphatic heterocycles. The molecular formula is C23H18N4O3. The second-order valence-electron chi connectivity index (χ2n) is 5.90. The van der Waals surface area contributed by atoms with Crippen LogP contribution in [0.25, 0.3) is 21.8 Å². The second-order valence-corrected chi connectivity index (χ2v) is 5.90. The van der Waals surface area contributed by atoms with Crippen molar-refractivity contribution in [3.63, 3.8) is 0 Å². The van der Waals surface area contributed by atoms with E-state index in [4.69, 9.17) is 27.9 Å². The van der Waals surface area contributed by atoms with Crippen LogP contribution in [0.15, 0.2) is 65.0 Å². The van der Waals surface area contributed by atoms with Crippen LogP contribution in [-0.2, 0) is 0 Å². The zero-order valence-electron chi connectivity index (χ0n) is 16.0. The summed E-state index contributed by atoms with van der Waals surface area (Å²) in [6, 6.07) is 15.8. The van der Waals surface area contributed by atoms with Crippen molar-refractivity contribution in [1.29, 1.82) is 5.26 Å². The normalized spacial score (nSPS) is 11.2. The fourth-order valence-corrected chi connectivity index (χ4v) is 2.32. The van der Waals surface area contributed by atoms with Crippen molar-refractivity contribution in [2.45, 2.75) is 6.10 Å². The van der Waals surface area contributed by atoms with Crippen LogP contribution in [-0.4, -0.2) is 31.1 Å². The Bertz CT molecular complexity index is 1030. The SMILES string of the molecule is [C-]#[N+]C(=Cc1ccc(OCC(CO)Oc2ccc(/C=C(\C#N)N=C)cc2)cc1)[N+]#[C-]. The Morgan fingerprint density at radius 2 is 1.63 bits per heavy atom. The number of hydrogen-bond acceptors (Lipinski definition) is 5. The maximum atomic E-state index is 9.57. The second kappa shape index (κ2) is 11.5. The highest BCUT2D eigenvalue weighted by Gasteiger charge is 2.11. The maximum Gasteiger partial charge on any atom is 0.519 e. The van der Waals surface area contributed by atoms with Crippen LogP contribution in [0.4, 0.5) is 0 Å². The van der Waals surface area contributed by atoms with Crippen LogP contribution in [0.3, 0.4) is 0 Å². The van der Waals surface area contributed by atoms with Gasteiger partial charge >= 0.3 is 5.82 Å². The van der Waals surface area contributed by atoms with Crippen molar-refractivity contribution in [3.05, 3.63) is 94.0 Å². The van der Waals surface area contributed by atoms with Crippen molar-refractivity contribution < 1.29 is 14.6 Å². The largest absolute Gasteiger partial charge is 0.519 e. The van der Waals surface area contributed by atoms with E-state index in [9.17, 15) is 5.11 Å². The average Bonchev–Trinajstić information content (AvgIpc) is 2.80. The van der Waals surface area contributed by atoms with E-state index >= 15 is 0 Å². The van der Waals surface area contributed by atoms with Gasteiger partial charge < -0.3 is 14.6 Å². The smallest absolute Gasteiger partial charge is 0.490 e. The molecule has 0 saturated heterocycles. The number of hydrogen-bond donors (Lipinski definition) is 1. The van der Waals surface area contributed by atoms with E-state index in [1.54, 1.807) is 54.6 Å². The number of nitriles is 1. The van der Waals surface area contributed by atoms with E-state index in [0.29, 0.717) is 11.5 Å². The Balaban J connectivity index is 1.95. The quantitative estimate of drug-likeness (QED) is 0.390. The molecule has 2 aromatic rings. The first-order valence-electron chi connectivity index (χ1n) is 8.77. The summed E-state index contributed by atoms with van der Waals surface area (Å²) in [7, 11) is 0. The molecule has 0 spiro atoms. The minimum absolute atomic E-state index is 0.0106. The molecule has 2 aromatic carbocycles. The van der Waals surface area contributed by atoms with Gasteiger partial charge in [0.2, 0.25) is 0 Å². The maximum absolute atomic E-state index is 9.57. The number of benzene rings is 2. The zero-order valence-corrected chi connectivity index (χ0v) is 16.0. The third-order valence-electron chi connectivity index (χ3n) is 3.82. The van der Waals surface area contributed by atoms with Crippen LogP contribution in [0.2, 0.25) is 0 Å². The summed E-state index contributed by atoms with van der Waals surface area (Å²) in [5, 5.41) is 18.4. The third-order valence-corrected chi connectivity index (χ3v) is 3.82. The molecule has 0 heterocycles. The first-order chi connectivity index (χ1) is 14.6. The van der Waals surface area contributed by atoms with E-state index < -0.39 is 6.10 Å². The number of aliphatic imine (C=N–C) groups is 1. The van der Waals surface area contributed by atoms with Crippen molar-refractivity contribution in [1.82, 2.24) is 0 Å². The van der Waals surface area contributed by atoms with Gasteiger partial charge in [0.25, 0.3) is 0 Å². The van der Waals surface area contributed by atoms with E-state index in [1.165, 1.54) is 6.08 Å². The third kappa shape index (κ3) is 6.65. The highest BCUT2D eigenvalue weighted by molar-refractivity contribution is 5.59. The van der Waals surface area contributed by atoms with Crippen molar-refractivity contribution in [2.24, 2.45) is 4.99 Å². The first-order valence-corrected chi connectivity index (χ1v) is 8.77. The molecule has 0 aliphatic carbocycles. The molecule has 1 atom stereocenters. The lowest BCUT2D eigenvalue weighted by Gasteiger charge is -2.18. The molecule has 2 rings (SSSR count). The van der Waals surface area contributed by atoms with Crippen molar-refractivity contribution in [2.75, 3.05) is 13.2 Å². The van der Waals surface area contributed by atoms with Crippen LogP contribution >= 0.6 is 0 Å². The topological polar surface area (TPSA) is 83.6 Å². The number of nitrogens with zero attached hydrogens (tertiary/aromatic N) is 4. The predicted octanol–water partition coefficient (Wildman–Crippen LogP) is 4.21. The van der Waals surface area contributed by atoms with Gasteiger partial charge in [-0.15, -0.1) is 0 Å². The Morgan fingerprint density at radius 3 is 2.13 bits per heavy atom. The Kier molecular flexibility index (Phi) is 8.37. The van der Waals surface area contributed by atoms with Crippen molar-refractivity contribution >= 4 is 18.9 Å². The van der Waals surface area contributed by atoms with Crippen molar-refractivity contribution in [3.8, 4) is 17.6 Å². The van der Waals surface area contributed by atoms with Gasteiger partial charge in [0.1, 0.15) is 43.0 Å². The van der Waals surface area contributed by atoms with E-state index in [2.05, 4.69) is 21.4 Å². The number of rotatable bonds is 9. The Morgan fingerprint density at radius 1 is 1.07 bits per heavy atom. The number of aliphatic hydroxyl groups excluding tert-OH is 1. The summed E-state index contributed by atoms with van der Waals surface area (Å²) in [5.41, 5.74) is 1.71. The Labute approximate surface area is 175 Å². The molecule has 30 heavy (non-hydrogen) atoms. The molecule has 1 N–H and O–H groups in total. The molecule has 0 bridgehead atoms. The summed E-state index contributed by atoms with van der Waals surface area (Å²) in [6.07, 6.45) is 2.51. The molecular weight excluding hydrogens is 380 g/mol. The number of allylic oxidation sites excluding steroid dienone is 1. The highest BCUT2D eigenvalue weighted by Crippen LogP contribution is 2.18. The van der Waals surface area contributed by atoms with Crippen LogP contribution in [0, 0.1) is 24.5 Å². The number of aliphatic hydroxyl groups is 1. The minimum Gasteiger partial charge on any atom is -0.490 e. The van der Waals surface area contributed by atoms with E-state index in [0.717, 1.165) is 11.1 Å². The summed E-state index contributed by atoms with van der Waals surface area (Å²) in [4.78, 5) is 9.85. The fraction of sp³-hybridized carbons (Fsp3) is 0.130. The fourth-order valence-electron chi connectivity index (χ4n) is 2.32. The highest BCUT2D eigenvalue weighted by atomic mass is 16.5. The predicted molar refractivity (Wildman–Crippen MR) is 114 cm³/mol. The molecule has 0 fully saturated rings. The van der Waals surface area contributed by atoms with Crippen LogP contribution in [0.1, 0.15) is 11.1 Å². The van der Waals surface area contributed by atoms with Gasteiger partial charge in [-0.1, -0.05) is 24.3 Å². The van der Waals surface area contributed by atoms with E-state index in [1.807, 2.05) is 6.07 Å². The lowest BCUT2D eigenvalue weighted by molar-refractivity contribution is 0.0718.